The number of carbonyl (C=O) groups is 1. The Morgan fingerprint density at radius 1 is 1.75 bits per heavy atom. The van der Waals surface area contributed by atoms with E-state index in [0.29, 0.717) is 12.3 Å². The van der Waals surface area contributed by atoms with Crippen molar-refractivity contribution < 1.29 is 9.53 Å². The molecular weight excluding hydrogens is 152 g/mol. The number of esters is 1. The van der Waals surface area contributed by atoms with Crippen LogP contribution in [0.3, 0.4) is 0 Å². The van der Waals surface area contributed by atoms with Gasteiger partial charge in [0, 0.05) is 0 Å². The van der Waals surface area contributed by atoms with Crippen LogP contribution < -0.4 is 0 Å². The van der Waals surface area contributed by atoms with Crippen LogP contribution in [0.4, 0.5) is 0 Å². The zero-order chi connectivity index (χ0) is 8.81. The number of allylic oxidation sites excluding steroid dienone is 2. The summed E-state index contributed by atoms with van der Waals surface area (Å²) in [6.07, 6.45) is 11.7. The highest BCUT2D eigenvalue weighted by Gasteiger charge is 2.14. The highest BCUT2D eigenvalue weighted by Crippen LogP contribution is 2.20. The van der Waals surface area contributed by atoms with Crippen LogP contribution in [0.1, 0.15) is 19.3 Å². The Balaban J connectivity index is 2.18. The predicted octanol–water partition coefficient (Wildman–Crippen LogP) is 1.52. The minimum Gasteiger partial charge on any atom is -0.452 e. The van der Waals surface area contributed by atoms with Gasteiger partial charge < -0.3 is 4.74 Å². The molecule has 2 heteroatoms. The van der Waals surface area contributed by atoms with Gasteiger partial charge in [0.05, 0.1) is 6.42 Å². The number of hydrogen-bond acceptors (Lipinski definition) is 2. The van der Waals surface area contributed by atoms with Gasteiger partial charge in [0.2, 0.25) is 0 Å². The van der Waals surface area contributed by atoms with Crippen LogP contribution in [0.5, 0.6) is 0 Å². The average Bonchev–Trinajstić information content (AvgIpc) is 2.53. The third kappa shape index (κ3) is 2.79. The van der Waals surface area contributed by atoms with Gasteiger partial charge in [0.1, 0.15) is 0 Å². The molecule has 0 fully saturated rings. The number of carbonyl (C=O) groups excluding carboxylic acids is 1. The summed E-state index contributed by atoms with van der Waals surface area (Å²) in [5, 5.41) is 0. The molecule has 64 valence electrons. The molecule has 0 saturated carbocycles. The molecule has 0 amide bonds. The summed E-state index contributed by atoms with van der Waals surface area (Å²) in [6.45, 7) is 0.0925. The van der Waals surface area contributed by atoms with Gasteiger partial charge in [-0.1, -0.05) is 18.1 Å². The van der Waals surface area contributed by atoms with E-state index >= 15 is 0 Å². The minimum absolute atomic E-state index is 0.0925. The molecular formula is C10H12O2. The molecule has 0 aromatic rings. The standard InChI is InChI=1S/C10H12O2/c1-2-7-12-10(11)8-9-5-3-4-6-9/h1,3,5,9H,4,6-8H2/t9-/m1/s1. The van der Waals surface area contributed by atoms with E-state index in [1.807, 2.05) is 0 Å². The van der Waals surface area contributed by atoms with E-state index in [1.165, 1.54) is 0 Å². The Labute approximate surface area is 72.6 Å². The van der Waals surface area contributed by atoms with Gasteiger partial charge in [-0.15, -0.1) is 6.42 Å². The van der Waals surface area contributed by atoms with Gasteiger partial charge in [-0.05, 0) is 18.8 Å². The summed E-state index contributed by atoms with van der Waals surface area (Å²) in [4.78, 5) is 11.0. The molecule has 0 saturated heterocycles. The van der Waals surface area contributed by atoms with Crippen LogP contribution in [0.2, 0.25) is 0 Å². The van der Waals surface area contributed by atoms with Crippen molar-refractivity contribution in [1.29, 1.82) is 0 Å². The average molecular weight is 164 g/mol. The van der Waals surface area contributed by atoms with Crippen LogP contribution in [0.15, 0.2) is 12.2 Å². The predicted molar refractivity (Wildman–Crippen MR) is 46.3 cm³/mol. The fraction of sp³-hybridized carbons (Fsp3) is 0.500. The van der Waals surface area contributed by atoms with Crippen LogP contribution in [0, 0.1) is 18.3 Å². The molecule has 0 heterocycles. The quantitative estimate of drug-likeness (QED) is 0.359. The largest absolute Gasteiger partial charge is 0.452 e. The maximum absolute atomic E-state index is 11.0. The molecule has 0 unspecified atom stereocenters. The molecule has 0 N–H and O–H groups in total. The lowest BCUT2D eigenvalue weighted by Crippen LogP contribution is -2.08. The summed E-state index contributed by atoms with van der Waals surface area (Å²) < 4.78 is 4.74. The number of rotatable bonds is 3. The molecule has 1 atom stereocenters. The highest BCUT2D eigenvalue weighted by molar-refractivity contribution is 5.70. The lowest BCUT2D eigenvalue weighted by atomic mass is 10.1. The van der Waals surface area contributed by atoms with E-state index in [-0.39, 0.29) is 12.6 Å². The zero-order valence-electron chi connectivity index (χ0n) is 6.95. The van der Waals surface area contributed by atoms with Crippen molar-refractivity contribution in [3.63, 3.8) is 0 Å². The Morgan fingerprint density at radius 3 is 3.17 bits per heavy atom. The van der Waals surface area contributed by atoms with Crippen molar-refractivity contribution in [2.75, 3.05) is 6.61 Å². The van der Waals surface area contributed by atoms with Crippen molar-refractivity contribution in [3.05, 3.63) is 12.2 Å². The Bertz CT molecular complexity index is 222. The monoisotopic (exact) mass is 164 g/mol. The lowest BCUT2D eigenvalue weighted by molar-refractivity contribution is -0.142. The fourth-order valence-electron chi connectivity index (χ4n) is 1.26. The Hall–Kier alpha value is -1.23. The molecule has 12 heavy (non-hydrogen) atoms. The van der Waals surface area contributed by atoms with Crippen molar-refractivity contribution >= 4 is 5.97 Å². The normalized spacial score (nSPS) is 20.4. The zero-order valence-corrected chi connectivity index (χ0v) is 6.95. The van der Waals surface area contributed by atoms with E-state index < -0.39 is 0 Å². The molecule has 0 aromatic heterocycles. The van der Waals surface area contributed by atoms with Crippen LogP contribution in [-0.4, -0.2) is 12.6 Å². The Kier molecular flexibility index (Phi) is 3.40. The third-order valence-corrected chi connectivity index (χ3v) is 1.86. The third-order valence-electron chi connectivity index (χ3n) is 1.86. The van der Waals surface area contributed by atoms with Crippen molar-refractivity contribution in [2.45, 2.75) is 19.3 Å². The molecule has 0 spiro atoms. The molecule has 1 aliphatic rings. The maximum atomic E-state index is 11.0. The second-order valence-electron chi connectivity index (χ2n) is 2.83. The van der Waals surface area contributed by atoms with Gasteiger partial charge in [0.25, 0.3) is 0 Å². The number of terminal acetylenes is 1. The first-order valence-electron chi connectivity index (χ1n) is 4.08. The van der Waals surface area contributed by atoms with Gasteiger partial charge in [-0.2, -0.15) is 0 Å². The van der Waals surface area contributed by atoms with Crippen LogP contribution in [0.25, 0.3) is 0 Å². The Morgan fingerprint density at radius 2 is 2.58 bits per heavy atom. The molecule has 1 aliphatic carbocycles. The van der Waals surface area contributed by atoms with Crippen LogP contribution >= 0.6 is 0 Å². The van der Waals surface area contributed by atoms with Gasteiger partial charge in [-0.3, -0.25) is 4.79 Å². The molecule has 2 nitrogen and oxygen atoms in total. The van der Waals surface area contributed by atoms with E-state index in [4.69, 9.17) is 11.2 Å². The highest BCUT2D eigenvalue weighted by atomic mass is 16.5. The second-order valence-corrected chi connectivity index (χ2v) is 2.83. The van der Waals surface area contributed by atoms with Crippen molar-refractivity contribution in [2.24, 2.45) is 5.92 Å². The van der Waals surface area contributed by atoms with E-state index in [2.05, 4.69) is 18.1 Å². The van der Waals surface area contributed by atoms with Gasteiger partial charge in [0.15, 0.2) is 6.61 Å². The molecule has 0 bridgehead atoms. The number of ether oxygens (including phenoxy) is 1. The maximum Gasteiger partial charge on any atom is 0.307 e. The van der Waals surface area contributed by atoms with Gasteiger partial charge in [-0.25, -0.2) is 0 Å². The SMILES string of the molecule is C#CCOC(=O)C[C@@H]1C=CCC1. The van der Waals surface area contributed by atoms with E-state index in [0.717, 1.165) is 12.8 Å². The summed E-state index contributed by atoms with van der Waals surface area (Å²) in [5.74, 6) is 2.44. The fourth-order valence-corrected chi connectivity index (χ4v) is 1.26. The van der Waals surface area contributed by atoms with Crippen LogP contribution in [-0.2, 0) is 9.53 Å². The molecule has 0 radical (unpaired) electrons. The first-order valence-corrected chi connectivity index (χ1v) is 4.08. The molecule has 0 aliphatic heterocycles. The summed E-state index contributed by atoms with van der Waals surface area (Å²) in [7, 11) is 0. The summed E-state index contributed by atoms with van der Waals surface area (Å²) in [6, 6.07) is 0. The van der Waals surface area contributed by atoms with Crippen molar-refractivity contribution in [1.82, 2.24) is 0 Å². The summed E-state index contributed by atoms with van der Waals surface area (Å²) in [5.41, 5.74) is 0. The van der Waals surface area contributed by atoms with Gasteiger partial charge >= 0.3 is 5.97 Å². The van der Waals surface area contributed by atoms with Crippen molar-refractivity contribution in [3.8, 4) is 12.3 Å². The molecule has 1 rings (SSSR count). The summed E-state index contributed by atoms with van der Waals surface area (Å²) >= 11 is 0. The first kappa shape index (κ1) is 8.86. The topological polar surface area (TPSA) is 26.3 Å². The van der Waals surface area contributed by atoms with E-state index in [1.54, 1.807) is 0 Å². The first-order chi connectivity index (χ1) is 5.83. The second kappa shape index (κ2) is 4.61. The minimum atomic E-state index is -0.190. The lowest BCUT2D eigenvalue weighted by Gasteiger charge is -2.05. The number of hydrogen-bond donors (Lipinski definition) is 0. The molecule has 0 aromatic carbocycles. The van der Waals surface area contributed by atoms with E-state index in [9.17, 15) is 4.79 Å². The smallest absolute Gasteiger partial charge is 0.307 e.